The highest BCUT2D eigenvalue weighted by molar-refractivity contribution is 7.91. The summed E-state index contributed by atoms with van der Waals surface area (Å²) in [4.78, 5) is 0.165. The molecule has 0 aliphatic heterocycles. The first-order valence-electron chi connectivity index (χ1n) is 5.89. The van der Waals surface area contributed by atoms with Crippen LogP contribution in [0.4, 0.5) is 10.8 Å². The maximum Gasteiger partial charge on any atom is 0.185 e. The quantitative estimate of drug-likeness (QED) is 0.870. The van der Waals surface area contributed by atoms with Crippen molar-refractivity contribution in [2.45, 2.75) is 39.0 Å². The summed E-state index contributed by atoms with van der Waals surface area (Å²) in [6, 6.07) is 0. The van der Waals surface area contributed by atoms with E-state index in [-0.39, 0.29) is 21.9 Å². The van der Waals surface area contributed by atoms with E-state index in [2.05, 4.69) is 30.5 Å². The van der Waals surface area contributed by atoms with Gasteiger partial charge in [-0.15, -0.1) is 0 Å². The van der Waals surface area contributed by atoms with Gasteiger partial charge in [-0.1, -0.05) is 27.7 Å². The molecule has 1 aromatic heterocycles. The van der Waals surface area contributed by atoms with Crippen molar-refractivity contribution in [3.05, 3.63) is 0 Å². The number of hydrogen-bond donors (Lipinski definition) is 2. The fourth-order valence-electron chi connectivity index (χ4n) is 1.42. The van der Waals surface area contributed by atoms with Crippen LogP contribution in [0.1, 0.15) is 34.1 Å². The number of aromatic nitrogens is 1. The lowest BCUT2D eigenvalue weighted by Crippen LogP contribution is -2.20. The number of hydrogen-bond acceptors (Lipinski definition) is 6. The second-order valence-electron chi connectivity index (χ2n) is 5.46. The van der Waals surface area contributed by atoms with Crippen LogP contribution in [-0.4, -0.2) is 25.1 Å². The summed E-state index contributed by atoms with van der Waals surface area (Å²) in [5.41, 5.74) is 5.74. The zero-order chi connectivity index (χ0) is 14.0. The lowest BCUT2D eigenvalue weighted by Gasteiger charge is -2.19. The third-order valence-corrected chi connectivity index (χ3v) is 5.17. The molecule has 0 aromatic carbocycles. The molecule has 5 nitrogen and oxygen atoms in total. The number of nitrogens with zero attached hydrogens (tertiary/aromatic N) is 1. The van der Waals surface area contributed by atoms with Gasteiger partial charge in [0.25, 0.3) is 0 Å². The van der Waals surface area contributed by atoms with Crippen molar-refractivity contribution >= 4 is 32.2 Å². The number of nitrogens with one attached hydrogen (secondary N) is 1. The number of anilines is 2. The normalized spacial score (nSPS) is 12.7. The van der Waals surface area contributed by atoms with Crippen LogP contribution < -0.4 is 11.1 Å². The van der Waals surface area contributed by atoms with Gasteiger partial charge in [-0.05, 0) is 23.4 Å². The van der Waals surface area contributed by atoms with E-state index in [1.807, 2.05) is 6.92 Å². The fourth-order valence-corrected chi connectivity index (χ4v) is 4.04. The number of rotatable bonds is 5. The Kier molecular flexibility index (Phi) is 4.61. The minimum atomic E-state index is -3.34. The molecule has 7 heteroatoms. The molecule has 0 saturated carbocycles. The summed E-state index contributed by atoms with van der Waals surface area (Å²) in [5, 5.41) is 3.69. The highest BCUT2D eigenvalue weighted by Crippen LogP contribution is 2.33. The van der Waals surface area contributed by atoms with Gasteiger partial charge in [0.1, 0.15) is 9.90 Å². The number of sulfone groups is 1. The van der Waals surface area contributed by atoms with Crippen molar-refractivity contribution in [2.75, 3.05) is 23.3 Å². The SMILES string of the molecule is CCCS(=O)(=O)c1c(N)nsc1NCC(C)(C)C. The van der Waals surface area contributed by atoms with E-state index in [1.165, 1.54) is 0 Å². The number of nitrogen functional groups attached to an aromatic ring is 1. The third-order valence-electron chi connectivity index (χ3n) is 2.24. The molecule has 0 atom stereocenters. The van der Waals surface area contributed by atoms with Gasteiger partial charge >= 0.3 is 0 Å². The molecule has 0 unspecified atom stereocenters. The molecule has 0 fully saturated rings. The summed E-state index contributed by atoms with van der Waals surface area (Å²) in [5.74, 6) is 0.199. The molecular formula is C11H21N3O2S2. The second-order valence-corrected chi connectivity index (χ2v) is 8.28. The fraction of sp³-hybridized carbons (Fsp3) is 0.727. The first kappa shape index (κ1) is 15.2. The summed E-state index contributed by atoms with van der Waals surface area (Å²) in [6.45, 7) is 8.72. The van der Waals surface area contributed by atoms with Crippen LogP contribution in [0.2, 0.25) is 0 Å². The minimum Gasteiger partial charge on any atom is -0.382 e. The molecule has 0 bridgehead atoms. The van der Waals surface area contributed by atoms with E-state index in [0.29, 0.717) is 18.0 Å². The topological polar surface area (TPSA) is 85.1 Å². The molecule has 0 aliphatic carbocycles. The van der Waals surface area contributed by atoms with Crippen LogP contribution in [0.15, 0.2) is 4.90 Å². The standard InChI is InChI=1S/C11H21N3O2S2/c1-5-6-18(15,16)8-9(12)14-17-10(8)13-7-11(2,3)4/h13H,5-7H2,1-4H3,(H2,12,14). The Balaban J connectivity index is 3.02. The lowest BCUT2D eigenvalue weighted by atomic mass is 9.97. The van der Waals surface area contributed by atoms with Gasteiger partial charge in [0, 0.05) is 6.54 Å². The van der Waals surface area contributed by atoms with Gasteiger partial charge in [-0.25, -0.2) is 8.42 Å². The predicted molar refractivity (Wildman–Crippen MR) is 76.8 cm³/mol. The molecule has 1 rings (SSSR count). The molecular weight excluding hydrogens is 270 g/mol. The van der Waals surface area contributed by atoms with Crippen molar-refractivity contribution in [3.63, 3.8) is 0 Å². The largest absolute Gasteiger partial charge is 0.382 e. The van der Waals surface area contributed by atoms with Gasteiger partial charge < -0.3 is 11.1 Å². The Morgan fingerprint density at radius 2 is 2.00 bits per heavy atom. The van der Waals surface area contributed by atoms with E-state index in [0.717, 1.165) is 11.5 Å². The second kappa shape index (κ2) is 5.44. The zero-order valence-electron chi connectivity index (χ0n) is 11.3. The van der Waals surface area contributed by atoms with Gasteiger partial charge in [0.15, 0.2) is 15.7 Å². The summed E-state index contributed by atoms with van der Waals surface area (Å²) < 4.78 is 28.2. The monoisotopic (exact) mass is 291 g/mol. The van der Waals surface area contributed by atoms with E-state index >= 15 is 0 Å². The van der Waals surface area contributed by atoms with Gasteiger partial charge in [-0.3, -0.25) is 0 Å². The number of nitrogens with two attached hydrogens (primary N) is 1. The summed E-state index contributed by atoms with van der Waals surface area (Å²) in [6.07, 6.45) is 0.566. The first-order chi connectivity index (χ1) is 8.17. The highest BCUT2D eigenvalue weighted by Gasteiger charge is 2.25. The maximum atomic E-state index is 12.1. The highest BCUT2D eigenvalue weighted by atomic mass is 32.2. The van der Waals surface area contributed by atoms with E-state index < -0.39 is 9.84 Å². The Labute approximate surface area is 113 Å². The average molecular weight is 291 g/mol. The van der Waals surface area contributed by atoms with E-state index in [4.69, 9.17) is 5.73 Å². The molecule has 0 amide bonds. The van der Waals surface area contributed by atoms with Crippen LogP contribution in [-0.2, 0) is 9.84 Å². The lowest BCUT2D eigenvalue weighted by molar-refractivity contribution is 0.443. The molecule has 18 heavy (non-hydrogen) atoms. The molecule has 3 N–H and O–H groups in total. The smallest absolute Gasteiger partial charge is 0.185 e. The van der Waals surface area contributed by atoms with Crippen molar-refractivity contribution in [3.8, 4) is 0 Å². The van der Waals surface area contributed by atoms with Crippen LogP contribution in [0, 0.1) is 5.41 Å². The molecule has 0 saturated heterocycles. The minimum absolute atomic E-state index is 0.0601. The Hall–Kier alpha value is -0.820. The van der Waals surface area contributed by atoms with Crippen molar-refractivity contribution in [2.24, 2.45) is 5.41 Å². The first-order valence-corrected chi connectivity index (χ1v) is 8.31. The Morgan fingerprint density at radius 1 is 1.39 bits per heavy atom. The van der Waals surface area contributed by atoms with Crippen LogP contribution in [0.5, 0.6) is 0 Å². The van der Waals surface area contributed by atoms with Gasteiger partial charge in [0.2, 0.25) is 0 Å². The Morgan fingerprint density at radius 3 is 2.50 bits per heavy atom. The van der Waals surface area contributed by atoms with Crippen molar-refractivity contribution < 1.29 is 8.42 Å². The van der Waals surface area contributed by atoms with Crippen LogP contribution in [0.3, 0.4) is 0 Å². The van der Waals surface area contributed by atoms with Crippen molar-refractivity contribution in [1.29, 1.82) is 0 Å². The maximum absolute atomic E-state index is 12.1. The van der Waals surface area contributed by atoms with Gasteiger partial charge in [-0.2, -0.15) is 4.37 Å². The predicted octanol–water partition coefficient (Wildman–Crippen LogP) is 2.37. The summed E-state index contributed by atoms with van der Waals surface area (Å²) in [7, 11) is -3.34. The molecule has 1 aromatic rings. The van der Waals surface area contributed by atoms with Crippen LogP contribution in [0.25, 0.3) is 0 Å². The molecule has 1 heterocycles. The van der Waals surface area contributed by atoms with E-state index in [1.54, 1.807) is 0 Å². The molecule has 0 radical (unpaired) electrons. The third kappa shape index (κ3) is 3.84. The average Bonchev–Trinajstić information content (AvgIpc) is 2.56. The van der Waals surface area contributed by atoms with Crippen LogP contribution >= 0.6 is 11.5 Å². The van der Waals surface area contributed by atoms with E-state index in [9.17, 15) is 8.42 Å². The van der Waals surface area contributed by atoms with Gasteiger partial charge in [0.05, 0.1) is 5.75 Å². The zero-order valence-corrected chi connectivity index (χ0v) is 12.9. The molecule has 0 spiro atoms. The summed E-state index contributed by atoms with van der Waals surface area (Å²) >= 11 is 1.10. The Bertz CT molecular complexity index is 501. The van der Waals surface area contributed by atoms with Crippen molar-refractivity contribution in [1.82, 2.24) is 4.37 Å². The molecule has 0 aliphatic rings. The molecule has 104 valence electrons.